The number of thiophene rings is 1. The van der Waals surface area contributed by atoms with E-state index in [1.54, 1.807) is 41.7 Å². The lowest BCUT2D eigenvalue weighted by atomic mass is 10.2. The van der Waals surface area contributed by atoms with Gasteiger partial charge in [0, 0.05) is 36.5 Å². The van der Waals surface area contributed by atoms with Gasteiger partial charge in [-0.3, -0.25) is 9.59 Å². The van der Waals surface area contributed by atoms with E-state index in [0.717, 1.165) is 21.8 Å². The van der Waals surface area contributed by atoms with Gasteiger partial charge < -0.3 is 15.4 Å². The van der Waals surface area contributed by atoms with Crippen molar-refractivity contribution >= 4 is 34.9 Å². The Morgan fingerprint density at radius 1 is 1.09 bits per heavy atom. The molecule has 8 heteroatoms. The van der Waals surface area contributed by atoms with Crippen molar-refractivity contribution in [3.05, 3.63) is 89.9 Å². The molecular weight excluding hydrogens is 448 g/mol. The monoisotopic (exact) mass is 472 g/mol. The summed E-state index contributed by atoms with van der Waals surface area (Å²) >= 11 is 1.60. The Bertz CT molecular complexity index is 1280. The van der Waals surface area contributed by atoms with Crippen LogP contribution in [0.2, 0.25) is 0 Å². The van der Waals surface area contributed by atoms with Crippen LogP contribution in [0.3, 0.4) is 0 Å². The quantitative estimate of drug-likeness (QED) is 0.272. The van der Waals surface area contributed by atoms with E-state index < -0.39 is 0 Å². The molecule has 0 bridgehead atoms. The van der Waals surface area contributed by atoms with E-state index >= 15 is 0 Å². The number of aromatic nitrogens is 2. The molecular formula is C26H24N4O3S. The first-order valence-electron chi connectivity index (χ1n) is 10.7. The standard InChI is InChI=1S/C26H24N4O3S/c1-19(31)28-21-7-5-10-23(17-21)33-15-14-27-25(32)13-12-20-18-30(22-8-3-2-4-9-22)29-26(20)24-11-6-16-34-24/h2-13,16-18H,14-15H2,1H3,(H,27,32)(H,28,31)/b13-12+. The zero-order valence-electron chi connectivity index (χ0n) is 18.6. The molecule has 0 fully saturated rings. The fourth-order valence-electron chi connectivity index (χ4n) is 3.26. The van der Waals surface area contributed by atoms with E-state index in [4.69, 9.17) is 9.84 Å². The molecule has 4 aromatic rings. The number of anilines is 1. The van der Waals surface area contributed by atoms with Crippen LogP contribution in [0.1, 0.15) is 12.5 Å². The third kappa shape index (κ3) is 6.20. The molecule has 4 rings (SSSR count). The number of hydrogen-bond acceptors (Lipinski definition) is 5. The van der Waals surface area contributed by atoms with E-state index in [0.29, 0.717) is 24.6 Å². The highest BCUT2D eigenvalue weighted by atomic mass is 32.1. The van der Waals surface area contributed by atoms with Crippen molar-refractivity contribution in [1.29, 1.82) is 0 Å². The number of rotatable bonds is 9. The van der Waals surface area contributed by atoms with Gasteiger partial charge in [0.15, 0.2) is 0 Å². The van der Waals surface area contributed by atoms with Crippen molar-refractivity contribution in [2.75, 3.05) is 18.5 Å². The van der Waals surface area contributed by atoms with Gasteiger partial charge in [0.25, 0.3) is 0 Å². The van der Waals surface area contributed by atoms with Gasteiger partial charge in [-0.2, -0.15) is 5.10 Å². The fourth-order valence-corrected chi connectivity index (χ4v) is 3.99. The average Bonchev–Trinajstić information content (AvgIpc) is 3.51. The van der Waals surface area contributed by atoms with Crippen LogP contribution in [0.15, 0.2) is 84.4 Å². The predicted octanol–water partition coefficient (Wildman–Crippen LogP) is 4.77. The molecule has 0 aliphatic heterocycles. The van der Waals surface area contributed by atoms with Crippen LogP contribution in [0, 0.1) is 0 Å². The second-order valence-corrected chi connectivity index (χ2v) is 8.32. The maximum absolute atomic E-state index is 12.4. The van der Waals surface area contributed by atoms with Crippen molar-refractivity contribution in [3.8, 4) is 22.0 Å². The summed E-state index contributed by atoms with van der Waals surface area (Å²) in [6.07, 6.45) is 5.19. The number of nitrogens with one attached hydrogen (secondary N) is 2. The summed E-state index contributed by atoms with van der Waals surface area (Å²) < 4.78 is 7.47. The largest absolute Gasteiger partial charge is 0.492 e. The molecule has 0 aliphatic carbocycles. The van der Waals surface area contributed by atoms with Crippen LogP contribution in [0.4, 0.5) is 5.69 Å². The fraction of sp³-hybridized carbons (Fsp3) is 0.115. The van der Waals surface area contributed by atoms with Gasteiger partial charge in [-0.1, -0.05) is 30.3 Å². The van der Waals surface area contributed by atoms with Gasteiger partial charge in [0.2, 0.25) is 11.8 Å². The van der Waals surface area contributed by atoms with Gasteiger partial charge >= 0.3 is 0 Å². The highest BCUT2D eigenvalue weighted by Crippen LogP contribution is 2.28. The van der Waals surface area contributed by atoms with Crippen molar-refractivity contribution in [2.24, 2.45) is 0 Å². The molecule has 2 aromatic carbocycles. The van der Waals surface area contributed by atoms with Gasteiger partial charge in [0.05, 0.1) is 17.1 Å². The first kappa shape index (κ1) is 23.0. The molecule has 2 amide bonds. The van der Waals surface area contributed by atoms with Crippen molar-refractivity contribution in [1.82, 2.24) is 15.1 Å². The topological polar surface area (TPSA) is 85.3 Å². The first-order valence-corrected chi connectivity index (χ1v) is 11.6. The van der Waals surface area contributed by atoms with Crippen molar-refractivity contribution in [2.45, 2.75) is 6.92 Å². The Labute approximate surface area is 201 Å². The number of hydrogen-bond donors (Lipinski definition) is 2. The second kappa shape index (κ2) is 11.1. The molecule has 2 aromatic heterocycles. The third-order valence-corrected chi connectivity index (χ3v) is 5.63. The second-order valence-electron chi connectivity index (χ2n) is 7.37. The highest BCUT2D eigenvalue weighted by molar-refractivity contribution is 7.13. The molecule has 34 heavy (non-hydrogen) atoms. The molecule has 172 valence electrons. The Balaban J connectivity index is 1.35. The number of amides is 2. The summed E-state index contributed by atoms with van der Waals surface area (Å²) in [5, 5.41) is 12.3. The molecule has 7 nitrogen and oxygen atoms in total. The average molecular weight is 473 g/mol. The maximum atomic E-state index is 12.4. The zero-order valence-corrected chi connectivity index (χ0v) is 19.4. The van der Waals surface area contributed by atoms with Crippen LogP contribution < -0.4 is 15.4 Å². The molecule has 0 saturated carbocycles. The lowest BCUT2D eigenvalue weighted by Crippen LogP contribution is -2.26. The van der Waals surface area contributed by atoms with Crippen LogP contribution in [0.5, 0.6) is 5.75 Å². The minimum atomic E-state index is -0.222. The summed E-state index contributed by atoms with van der Waals surface area (Å²) in [7, 11) is 0. The van der Waals surface area contributed by atoms with E-state index in [-0.39, 0.29) is 11.8 Å². The lowest BCUT2D eigenvalue weighted by Gasteiger charge is -2.08. The van der Waals surface area contributed by atoms with Gasteiger partial charge in [-0.25, -0.2) is 4.68 Å². The zero-order chi connectivity index (χ0) is 23.8. The minimum absolute atomic E-state index is 0.146. The first-order chi connectivity index (χ1) is 16.6. The third-order valence-electron chi connectivity index (χ3n) is 4.76. The number of carbonyl (C=O) groups excluding carboxylic acids is 2. The Morgan fingerprint density at radius 2 is 1.94 bits per heavy atom. The minimum Gasteiger partial charge on any atom is -0.492 e. The van der Waals surface area contributed by atoms with Crippen molar-refractivity contribution < 1.29 is 14.3 Å². The number of benzene rings is 2. The number of ether oxygens (including phenoxy) is 1. The van der Waals surface area contributed by atoms with Crippen LogP contribution in [-0.2, 0) is 9.59 Å². The molecule has 2 N–H and O–H groups in total. The SMILES string of the molecule is CC(=O)Nc1cccc(OCCNC(=O)/C=C/c2cn(-c3ccccc3)nc2-c2cccs2)c1. The summed E-state index contributed by atoms with van der Waals surface area (Å²) in [4.78, 5) is 24.6. The summed E-state index contributed by atoms with van der Waals surface area (Å²) in [5.41, 5.74) is 3.29. The highest BCUT2D eigenvalue weighted by Gasteiger charge is 2.11. The number of carbonyl (C=O) groups is 2. The summed E-state index contributed by atoms with van der Waals surface area (Å²) in [6, 6.07) is 20.9. The Morgan fingerprint density at radius 3 is 2.71 bits per heavy atom. The summed E-state index contributed by atoms with van der Waals surface area (Å²) in [5.74, 6) is 0.248. The Hall–Kier alpha value is -4.17. The van der Waals surface area contributed by atoms with E-state index in [9.17, 15) is 9.59 Å². The smallest absolute Gasteiger partial charge is 0.244 e. The van der Waals surface area contributed by atoms with Crippen LogP contribution in [-0.4, -0.2) is 34.7 Å². The molecule has 0 saturated heterocycles. The van der Waals surface area contributed by atoms with Gasteiger partial charge in [-0.05, 0) is 41.8 Å². The van der Waals surface area contributed by atoms with E-state index in [2.05, 4.69) is 10.6 Å². The van der Waals surface area contributed by atoms with Gasteiger partial charge in [0.1, 0.15) is 18.1 Å². The van der Waals surface area contributed by atoms with Crippen molar-refractivity contribution in [3.63, 3.8) is 0 Å². The molecule has 0 unspecified atom stereocenters. The molecule has 0 aliphatic rings. The number of nitrogens with zero attached hydrogens (tertiary/aromatic N) is 2. The molecule has 0 radical (unpaired) electrons. The van der Waals surface area contributed by atoms with Gasteiger partial charge in [-0.15, -0.1) is 11.3 Å². The van der Waals surface area contributed by atoms with Crippen LogP contribution in [0.25, 0.3) is 22.3 Å². The Kier molecular flexibility index (Phi) is 7.52. The molecule has 0 atom stereocenters. The number of para-hydroxylation sites is 1. The molecule has 2 heterocycles. The maximum Gasteiger partial charge on any atom is 0.244 e. The normalized spacial score (nSPS) is 10.9. The molecule has 0 spiro atoms. The van der Waals surface area contributed by atoms with Crippen LogP contribution >= 0.6 is 11.3 Å². The van der Waals surface area contributed by atoms with E-state index in [1.807, 2.05) is 58.7 Å². The van der Waals surface area contributed by atoms with E-state index in [1.165, 1.54) is 13.0 Å². The summed E-state index contributed by atoms with van der Waals surface area (Å²) in [6.45, 7) is 2.09. The predicted molar refractivity (Wildman–Crippen MR) is 135 cm³/mol. The lowest BCUT2D eigenvalue weighted by molar-refractivity contribution is -0.116.